The van der Waals surface area contributed by atoms with Crippen molar-refractivity contribution < 1.29 is 17.0 Å². The molecule has 0 saturated carbocycles. The summed E-state index contributed by atoms with van der Waals surface area (Å²) in [5.41, 5.74) is 26.1. The SMILES string of the molecule is CC[n+]1c(-c2ccccc2)c2cc(N=NNc3cccc(/C=N/N=C(N)N)c3)ccc2c2ccc(N)cc21.Cl.[Cl-]. The molecule has 0 aliphatic rings. The van der Waals surface area contributed by atoms with E-state index >= 15 is 0 Å². The second kappa shape index (κ2) is 13.4. The molecule has 0 aliphatic carbocycles. The standard InChI is InChI=1S/C29H27N9.2ClH/c1-2-38-27-16-21(30)11-13-25(27)24-14-12-23(17-26(24)28(38)20-8-4-3-5-9-20)35-37-34-22-10-6-7-19(15-22)18-33-36-29(31)32;;/h3-18,30H,2H2,1H3,(H5,31,32,34,35,36);2*1H/b33-18+;;. The largest absolute Gasteiger partial charge is 1.00 e. The molecule has 0 unspecified atom stereocenters. The molecule has 9 nitrogen and oxygen atoms in total. The molecule has 1 heterocycles. The van der Waals surface area contributed by atoms with Gasteiger partial charge in [0, 0.05) is 22.7 Å². The molecule has 0 saturated heterocycles. The van der Waals surface area contributed by atoms with Crippen molar-refractivity contribution >= 4 is 63.3 Å². The number of nitrogens with zero attached hydrogens (tertiary/aromatic N) is 5. The van der Waals surface area contributed by atoms with E-state index in [1.807, 2.05) is 60.7 Å². The Labute approximate surface area is 244 Å². The molecule has 5 aromatic rings. The van der Waals surface area contributed by atoms with Crippen molar-refractivity contribution in [3.05, 3.63) is 96.6 Å². The van der Waals surface area contributed by atoms with E-state index < -0.39 is 0 Å². The van der Waals surface area contributed by atoms with Gasteiger partial charge in [-0.25, -0.2) is 0 Å². The number of nitrogens with two attached hydrogens (primary N) is 3. The lowest BCUT2D eigenvalue weighted by Gasteiger charge is -2.12. The van der Waals surface area contributed by atoms with Crippen LogP contribution in [0.5, 0.6) is 0 Å². The first-order valence-corrected chi connectivity index (χ1v) is 12.2. The molecule has 0 amide bonds. The van der Waals surface area contributed by atoms with Crippen molar-refractivity contribution in [1.82, 2.24) is 0 Å². The number of guanidine groups is 1. The summed E-state index contributed by atoms with van der Waals surface area (Å²) < 4.78 is 2.30. The van der Waals surface area contributed by atoms with Crippen LogP contribution >= 0.6 is 12.4 Å². The van der Waals surface area contributed by atoms with Gasteiger partial charge in [-0.3, -0.25) is 5.43 Å². The molecular weight excluding hydrogens is 545 g/mol. The van der Waals surface area contributed by atoms with Crippen LogP contribution in [0, 0.1) is 0 Å². The van der Waals surface area contributed by atoms with Crippen molar-refractivity contribution in [3.8, 4) is 11.3 Å². The Morgan fingerprint density at radius 1 is 0.875 bits per heavy atom. The highest BCUT2D eigenvalue weighted by Gasteiger charge is 2.22. The van der Waals surface area contributed by atoms with Crippen molar-refractivity contribution in [2.75, 3.05) is 11.2 Å². The number of aromatic nitrogens is 1. The van der Waals surface area contributed by atoms with Crippen LogP contribution in [0.15, 0.2) is 112 Å². The summed E-state index contributed by atoms with van der Waals surface area (Å²) in [5.74, 6) is -0.100. The molecule has 0 fully saturated rings. The number of rotatable bonds is 7. The van der Waals surface area contributed by atoms with Gasteiger partial charge in [0.15, 0.2) is 0 Å². The Kier molecular flexibility index (Phi) is 9.97. The highest BCUT2D eigenvalue weighted by molar-refractivity contribution is 6.10. The van der Waals surface area contributed by atoms with Gasteiger partial charge in [-0.15, -0.1) is 22.6 Å². The number of aryl methyl sites for hydroxylation is 1. The summed E-state index contributed by atoms with van der Waals surface area (Å²) in [5, 5.41) is 19.5. The minimum absolute atomic E-state index is 0. The number of hydrogen-bond donors (Lipinski definition) is 4. The Bertz CT molecular complexity index is 1710. The fourth-order valence-electron chi connectivity index (χ4n) is 4.52. The van der Waals surface area contributed by atoms with E-state index in [9.17, 15) is 0 Å². The van der Waals surface area contributed by atoms with E-state index in [-0.39, 0.29) is 30.8 Å². The zero-order chi connectivity index (χ0) is 26.5. The number of pyridine rings is 1. The predicted molar refractivity (Wildman–Crippen MR) is 162 cm³/mol. The number of halogens is 2. The van der Waals surface area contributed by atoms with Crippen molar-refractivity contribution in [2.45, 2.75) is 13.5 Å². The van der Waals surface area contributed by atoms with Gasteiger partial charge in [0.1, 0.15) is 6.54 Å². The summed E-state index contributed by atoms with van der Waals surface area (Å²) in [7, 11) is 0. The molecule has 0 aliphatic heterocycles. The molecule has 204 valence electrons. The molecule has 0 bridgehead atoms. The van der Waals surface area contributed by atoms with Crippen molar-refractivity contribution in [2.24, 2.45) is 32.0 Å². The number of hydrogen-bond acceptors (Lipinski definition) is 5. The summed E-state index contributed by atoms with van der Waals surface area (Å²) in [6.45, 7) is 2.93. The molecule has 0 spiro atoms. The first kappa shape index (κ1) is 29.8. The minimum atomic E-state index is -0.100. The van der Waals surface area contributed by atoms with Crippen LogP contribution in [0.2, 0.25) is 0 Å². The predicted octanol–water partition coefficient (Wildman–Crippen LogP) is 2.69. The fourth-order valence-corrected chi connectivity index (χ4v) is 4.52. The summed E-state index contributed by atoms with van der Waals surface area (Å²) in [6.07, 6.45) is 1.55. The monoisotopic (exact) mass is 573 g/mol. The summed E-state index contributed by atoms with van der Waals surface area (Å²) in [6, 6.07) is 30.1. The zero-order valence-corrected chi connectivity index (χ0v) is 23.3. The van der Waals surface area contributed by atoms with E-state index in [1.165, 1.54) is 0 Å². The molecule has 7 N–H and O–H groups in total. The normalized spacial score (nSPS) is 10.9. The maximum absolute atomic E-state index is 6.18. The zero-order valence-electron chi connectivity index (χ0n) is 21.7. The molecule has 5 rings (SSSR count). The van der Waals surface area contributed by atoms with Gasteiger partial charge in [0.05, 0.1) is 28.4 Å². The Balaban J connectivity index is 0.00000220. The molecule has 0 atom stereocenters. The van der Waals surface area contributed by atoms with Crippen LogP contribution in [0.1, 0.15) is 12.5 Å². The topological polar surface area (TPSA) is 143 Å². The number of benzene rings is 4. The maximum atomic E-state index is 6.18. The summed E-state index contributed by atoms with van der Waals surface area (Å²) in [4.78, 5) is 0. The molecule has 0 radical (unpaired) electrons. The lowest BCUT2D eigenvalue weighted by molar-refractivity contribution is -0.655. The second-order valence-corrected chi connectivity index (χ2v) is 8.67. The molecular formula is C29H29Cl2N9. The van der Waals surface area contributed by atoms with Crippen LogP contribution in [0.3, 0.4) is 0 Å². The third-order valence-corrected chi connectivity index (χ3v) is 6.11. The van der Waals surface area contributed by atoms with E-state index in [0.717, 1.165) is 62.1 Å². The molecule has 11 heteroatoms. The Morgan fingerprint density at radius 3 is 2.40 bits per heavy atom. The Hall–Kier alpha value is -4.73. The van der Waals surface area contributed by atoms with E-state index in [2.05, 4.69) is 67.8 Å². The first-order chi connectivity index (χ1) is 18.5. The average molecular weight is 575 g/mol. The summed E-state index contributed by atoms with van der Waals surface area (Å²) >= 11 is 0. The fraction of sp³-hybridized carbons (Fsp3) is 0.0690. The highest BCUT2D eigenvalue weighted by atomic mass is 35.5. The third kappa shape index (κ3) is 6.45. The van der Waals surface area contributed by atoms with E-state index in [4.69, 9.17) is 17.2 Å². The van der Waals surface area contributed by atoms with Gasteiger partial charge < -0.3 is 29.6 Å². The smallest absolute Gasteiger partial charge is 0.220 e. The number of fused-ring (bicyclic) bond motifs is 3. The van der Waals surface area contributed by atoms with Crippen LogP contribution in [0.25, 0.3) is 32.9 Å². The van der Waals surface area contributed by atoms with Gasteiger partial charge in [0.25, 0.3) is 0 Å². The van der Waals surface area contributed by atoms with Gasteiger partial charge >= 0.3 is 0 Å². The lowest BCUT2D eigenvalue weighted by atomic mass is 9.98. The quantitative estimate of drug-likeness (QED) is 0.0451. The van der Waals surface area contributed by atoms with Crippen LogP contribution in [-0.2, 0) is 6.54 Å². The van der Waals surface area contributed by atoms with Crippen LogP contribution in [-0.4, -0.2) is 12.2 Å². The van der Waals surface area contributed by atoms with Crippen LogP contribution in [0.4, 0.5) is 17.1 Å². The van der Waals surface area contributed by atoms with Gasteiger partial charge in [-0.05, 0) is 61.0 Å². The third-order valence-electron chi connectivity index (χ3n) is 6.11. The Morgan fingerprint density at radius 2 is 1.65 bits per heavy atom. The van der Waals surface area contributed by atoms with E-state index in [1.54, 1.807) is 6.21 Å². The lowest BCUT2D eigenvalue weighted by Crippen LogP contribution is -3.00. The molecule has 4 aromatic carbocycles. The van der Waals surface area contributed by atoms with Crippen LogP contribution < -0.4 is 39.6 Å². The van der Waals surface area contributed by atoms with Gasteiger partial charge in [0.2, 0.25) is 17.2 Å². The molecule has 1 aromatic heterocycles. The average Bonchev–Trinajstić information content (AvgIpc) is 2.92. The second-order valence-electron chi connectivity index (χ2n) is 8.67. The van der Waals surface area contributed by atoms with Gasteiger partial charge in [-0.2, -0.15) is 9.67 Å². The molecule has 40 heavy (non-hydrogen) atoms. The maximum Gasteiger partial charge on any atom is 0.220 e. The van der Waals surface area contributed by atoms with Crippen molar-refractivity contribution in [3.63, 3.8) is 0 Å². The minimum Gasteiger partial charge on any atom is -1.00 e. The highest BCUT2D eigenvalue weighted by Crippen LogP contribution is 2.34. The number of anilines is 2. The number of nitrogen functional groups attached to an aromatic ring is 1. The first-order valence-electron chi connectivity index (χ1n) is 12.2. The van der Waals surface area contributed by atoms with Crippen molar-refractivity contribution in [1.29, 1.82) is 0 Å². The van der Waals surface area contributed by atoms with E-state index in [0.29, 0.717) is 0 Å². The van der Waals surface area contributed by atoms with Gasteiger partial charge in [-0.1, -0.05) is 41.6 Å². The number of nitrogens with one attached hydrogen (secondary N) is 1.